The van der Waals surface area contributed by atoms with Gasteiger partial charge in [0.2, 0.25) is 0 Å². The van der Waals surface area contributed by atoms with E-state index in [2.05, 4.69) is 15.3 Å². The number of anilines is 2. The van der Waals surface area contributed by atoms with E-state index in [1.165, 1.54) is 12.1 Å². The van der Waals surface area contributed by atoms with Gasteiger partial charge in [-0.1, -0.05) is 0 Å². The van der Waals surface area contributed by atoms with Gasteiger partial charge in [-0.3, -0.25) is 10.1 Å². The number of nitrogen functional groups attached to an aromatic ring is 1. The van der Waals surface area contributed by atoms with Crippen LogP contribution < -0.4 is 11.1 Å². The number of hydrogen-bond acceptors (Lipinski definition) is 5. The predicted octanol–water partition coefficient (Wildman–Crippen LogP) is 1.55. The highest BCUT2D eigenvalue weighted by atomic mass is 16.6. The molecule has 0 unspecified atom stereocenters. The molecular formula is C11H13N5O2. The molecule has 0 aliphatic carbocycles. The van der Waals surface area contributed by atoms with Crippen LogP contribution in [-0.2, 0) is 6.42 Å². The minimum Gasteiger partial charge on any atom is -0.397 e. The van der Waals surface area contributed by atoms with Crippen LogP contribution in [-0.4, -0.2) is 21.4 Å². The number of nitrogens with zero attached hydrogens (tertiary/aromatic N) is 2. The first kappa shape index (κ1) is 11.9. The van der Waals surface area contributed by atoms with Gasteiger partial charge in [-0.05, 0) is 6.07 Å². The van der Waals surface area contributed by atoms with Crippen molar-refractivity contribution >= 4 is 17.1 Å². The van der Waals surface area contributed by atoms with E-state index in [1.807, 2.05) is 0 Å². The first-order valence-corrected chi connectivity index (χ1v) is 5.42. The zero-order valence-electron chi connectivity index (χ0n) is 9.59. The molecule has 1 heterocycles. The zero-order chi connectivity index (χ0) is 13.0. The molecular weight excluding hydrogens is 234 g/mol. The SMILES string of the molecule is Nc1cc([N+](=O)[O-])ccc1NCCc1cnc[nH]1. The Morgan fingerprint density at radius 1 is 1.50 bits per heavy atom. The molecule has 0 fully saturated rings. The lowest BCUT2D eigenvalue weighted by molar-refractivity contribution is -0.384. The molecule has 4 N–H and O–H groups in total. The summed E-state index contributed by atoms with van der Waals surface area (Å²) in [5.74, 6) is 0. The number of nitrogens with two attached hydrogens (primary N) is 1. The first-order valence-electron chi connectivity index (χ1n) is 5.42. The quantitative estimate of drug-likeness (QED) is 0.422. The van der Waals surface area contributed by atoms with Crippen LogP contribution in [0.4, 0.5) is 17.1 Å². The van der Waals surface area contributed by atoms with E-state index >= 15 is 0 Å². The van der Waals surface area contributed by atoms with Crippen molar-refractivity contribution in [1.29, 1.82) is 0 Å². The largest absolute Gasteiger partial charge is 0.397 e. The fourth-order valence-electron chi connectivity index (χ4n) is 1.58. The van der Waals surface area contributed by atoms with Crippen molar-refractivity contribution in [1.82, 2.24) is 9.97 Å². The number of nitro benzene ring substituents is 1. The molecule has 94 valence electrons. The molecule has 1 aromatic heterocycles. The van der Waals surface area contributed by atoms with Crippen molar-refractivity contribution in [3.05, 3.63) is 46.5 Å². The van der Waals surface area contributed by atoms with Gasteiger partial charge in [-0.25, -0.2) is 4.98 Å². The Morgan fingerprint density at radius 2 is 2.33 bits per heavy atom. The maximum atomic E-state index is 10.6. The molecule has 0 bridgehead atoms. The number of hydrogen-bond donors (Lipinski definition) is 3. The Labute approximate surface area is 103 Å². The van der Waals surface area contributed by atoms with Gasteiger partial charge < -0.3 is 16.0 Å². The molecule has 2 aromatic rings. The molecule has 0 spiro atoms. The van der Waals surface area contributed by atoms with Crippen LogP contribution in [0.3, 0.4) is 0 Å². The molecule has 0 radical (unpaired) electrons. The van der Waals surface area contributed by atoms with Crippen molar-refractivity contribution < 1.29 is 4.92 Å². The number of rotatable bonds is 5. The molecule has 7 nitrogen and oxygen atoms in total. The number of aromatic nitrogens is 2. The van der Waals surface area contributed by atoms with Gasteiger partial charge in [-0.2, -0.15) is 0 Å². The van der Waals surface area contributed by atoms with Crippen LogP contribution in [0.2, 0.25) is 0 Å². The van der Waals surface area contributed by atoms with Crippen molar-refractivity contribution in [2.24, 2.45) is 0 Å². The number of nitrogens with one attached hydrogen (secondary N) is 2. The molecule has 7 heteroatoms. The Morgan fingerprint density at radius 3 is 2.94 bits per heavy atom. The third-order valence-corrected chi connectivity index (χ3v) is 2.51. The summed E-state index contributed by atoms with van der Waals surface area (Å²) in [5, 5.41) is 13.7. The van der Waals surface area contributed by atoms with Gasteiger partial charge in [0.05, 0.1) is 22.6 Å². The maximum Gasteiger partial charge on any atom is 0.271 e. The third-order valence-electron chi connectivity index (χ3n) is 2.51. The Kier molecular flexibility index (Phi) is 3.42. The van der Waals surface area contributed by atoms with Crippen LogP contribution in [0.5, 0.6) is 0 Å². The van der Waals surface area contributed by atoms with E-state index in [-0.39, 0.29) is 5.69 Å². The van der Waals surface area contributed by atoms with E-state index in [4.69, 9.17) is 5.73 Å². The summed E-state index contributed by atoms with van der Waals surface area (Å²) in [5.41, 5.74) is 7.80. The lowest BCUT2D eigenvalue weighted by Crippen LogP contribution is -2.07. The van der Waals surface area contributed by atoms with E-state index in [9.17, 15) is 10.1 Å². The summed E-state index contributed by atoms with van der Waals surface area (Å²) in [7, 11) is 0. The number of benzene rings is 1. The van der Waals surface area contributed by atoms with Crippen LogP contribution >= 0.6 is 0 Å². The lowest BCUT2D eigenvalue weighted by atomic mass is 10.2. The molecule has 0 atom stereocenters. The summed E-state index contributed by atoms with van der Waals surface area (Å²) in [6, 6.07) is 4.38. The Balaban J connectivity index is 1.95. The molecule has 0 saturated carbocycles. The Hall–Kier alpha value is -2.57. The second kappa shape index (κ2) is 5.17. The van der Waals surface area contributed by atoms with Gasteiger partial charge in [0.1, 0.15) is 0 Å². The molecule has 1 aromatic carbocycles. The van der Waals surface area contributed by atoms with Crippen molar-refractivity contribution in [2.45, 2.75) is 6.42 Å². The van der Waals surface area contributed by atoms with Crippen molar-refractivity contribution in [3.63, 3.8) is 0 Å². The predicted molar refractivity (Wildman–Crippen MR) is 68.3 cm³/mol. The number of imidazole rings is 1. The standard InChI is InChI=1S/C11H13N5O2/c12-10-5-9(16(17)18)1-2-11(10)14-4-3-8-6-13-7-15-8/h1-2,5-7,14H,3-4,12H2,(H,13,15). The molecule has 0 aliphatic heterocycles. The van der Waals surface area contributed by atoms with E-state index in [0.717, 1.165) is 12.1 Å². The second-order valence-corrected chi connectivity index (χ2v) is 3.78. The average Bonchev–Trinajstić information content (AvgIpc) is 2.84. The molecule has 0 saturated heterocycles. The first-order chi connectivity index (χ1) is 8.66. The van der Waals surface area contributed by atoms with Gasteiger partial charge in [0, 0.05) is 37.0 Å². The molecule has 0 amide bonds. The number of nitro groups is 1. The molecule has 2 rings (SSSR count). The molecule has 0 aliphatic rings. The van der Waals surface area contributed by atoms with Crippen LogP contribution in [0, 0.1) is 10.1 Å². The Bertz CT molecular complexity index is 538. The lowest BCUT2D eigenvalue weighted by Gasteiger charge is -2.08. The summed E-state index contributed by atoms with van der Waals surface area (Å²) < 4.78 is 0. The van der Waals surface area contributed by atoms with Crippen molar-refractivity contribution in [2.75, 3.05) is 17.6 Å². The summed E-state index contributed by atoms with van der Waals surface area (Å²) in [6.07, 6.45) is 4.15. The zero-order valence-corrected chi connectivity index (χ0v) is 9.59. The second-order valence-electron chi connectivity index (χ2n) is 3.78. The highest BCUT2D eigenvalue weighted by Crippen LogP contribution is 2.23. The monoisotopic (exact) mass is 247 g/mol. The van der Waals surface area contributed by atoms with Gasteiger partial charge in [0.15, 0.2) is 0 Å². The fourth-order valence-corrected chi connectivity index (χ4v) is 1.58. The summed E-state index contributed by atoms with van der Waals surface area (Å²) in [6.45, 7) is 0.671. The van der Waals surface area contributed by atoms with Crippen LogP contribution in [0.1, 0.15) is 5.69 Å². The average molecular weight is 247 g/mol. The van der Waals surface area contributed by atoms with Crippen molar-refractivity contribution in [3.8, 4) is 0 Å². The van der Waals surface area contributed by atoms with Crippen LogP contribution in [0.15, 0.2) is 30.7 Å². The van der Waals surface area contributed by atoms with E-state index < -0.39 is 4.92 Å². The summed E-state index contributed by atoms with van der Waals surface area (Å²) >= 11 is 0. The topological polar surface area (TPSA) is 110 Å². The minimum absolute atomic E-state index is 0.00776. The highest BCUT2D eigenvalue weighted by molar-refractivity contribution is 5.69. The smallest absolute Gasteiger partial charge is 0.271 e. The fraction of sp³-hybridized carbons (Fsp3) is 0.182. The summed E-state index contributed by atoms with van der Waals surface area (Å²) in [4.78, 5) is 17.0. The number of H-pyrrole nitrogens is 1. The van der Waals surface area contributed by atoms with Crippen LogP contribution in [0.25, 0.3) is 0 Å². The third kappa shape index (κ3) is 2.76. The highest BCUT2D eigenvalue weighted by Gasteiger charge is 2.08. The maximum absolute atomic E-state index is 10.6. The van der Waals surface area contributed by atoms with Gasteiger partial charge in [0.25, 0.3) is 5.69 Å². The van der Waals surface area contributed by atoms with E-state index in [0.29, 0.717) is 17.9 Å². The van der Waals surface area contributed by atoms with Gasteiger partial charge in [-0.15, -0.1) is 0 Å². The van der Waals surface area contributed by atoms with E-state index in [1.54, 1.807) is 18.6 Å². The molecule has 18 heavy (non-hydrogen) atoms. The van der Waals surface area contributed by atoms with Gasteiger partial charge >= 0.3 is 0 Å². The normalized spacial score (nSPS) is 10.2. The number of non-ortho nitro benzene ring substituents is 1. The minimum atomic E-state index is -0.468. The number of aromatic amines is 1.